The van der Waals surface area contributed by atoms with E-state index >= 15 is 0 Å². The summed E-state index contributed by atoms with van der Waals surface area (Å²) in [6, 6.07) is 32.1. The minimum Gasteiger partial charge on any atom is -0.453 e. The first-order valence-electron chi connectivity index (χ1n) is 9.58. The highest BCUT2D eigenvalue weighted by Gasteiger charge is 2.50. The molecule has 0 saturated carbocycles. The van der Waals surface area contributed by atoms with Crippen LogP contribution in [0.3, 0.4) is 0 Å². The minimum absolute atomic E-state index is 0.0762. The van der Waals surface area contributed by atoms with Crippen molar-refractivity contribution in [2.24, 2.45) is 0 Å². The van der Waals surface area contributed by atoms with Crippen LogP contribution in [-0.2, 0) is 0 Å². The van der Waals surface area contributed by atoms with Gasteiger partial charge in [-0.1, -0.05) is 60.7 Å². The lowest BCUT2D eigenvalue weighted by Crippen LogP contribution is -2.55. The van der Waals surface area contributed by atoms with Crippen LogP contribution < -0.4 is 19.8 Å². The molecule has 0 N–H and O–H groups in total. The van der Waals surface area contributed by atoms with E-state index in [1.54, 1.807) is 0 Å². The highest BCUT2D eigenvalue weighted by Crippen LogP contribution is 2.58. The van der Waals surface area contributed by atoms with Crippen LogP contribution in [0.5, 0.6) is 11.5 Å². The zero-order valence-electron chi connectivity index (χ0n) is 15.0. The van der Waals surface area contributed by atoms with Gasteiger partial charge in [-0.2, -0.15) is 0 Å². The first kappa shape index (κ1) is 14.4. The Morgan fingerprint density at radius 2 is 1.21 bits per heavy atom. The number of benzene rings is 4. The predicted octanol–water partition coefficient (Wildman–Crippen LogP) is 5.46. The molecule has 0 radical (unpaired) electrons. The highest BCUT2D eigenvalue weighted by molar-refractivity contribution is 6.86. The molecule has 3 nitrogen and oxygen atoms in total. The van der Waals surface area contributed by atoms with Crippen LogP contribution in [0.4, 0.5) is 22.7 Å². The highest BCUT2D eigenvalue weighted by atomic mass is 16.5. The summed E-state index contributed by atoms with van der Waals surface area (Å²) in [7, 11) is 0. The molecule has 3 aliphatic heterocycles. The lowest BCUT2D eigenvalue weighted by Gasteiger charge is -2.37. The number of fused-ring (bicyclic) bond motifs is 10. The molecule has 0 bridgehead atoms. The van der Waals surface area contributed by atoms with Crippen LogP contribution in [0, 0.1) is 0 Å². The van der Waals surface area contributed by atoms with Crippen molar-refractivity contribution in [1.82, 2.24) is 0 Å². The quantitative estimate of drug-likeness (QED) is 0.388. The summed E-state index contributed by atoms with van der Waals surface area (Å²) in [4.78, 5) is 4.90. The molecule has 0 aliphatic carbocycles. The Labute approximate surface area is 163 Å². The number of para-hydroxylation sites is 4. The summed E-state index contributed by atoms with van der Waals surface area (Å²) in [6.07, 6.45) is 0. The molecular weight excluding hydrogens is 343 g/mol. The van der Waals surface area contributed by atoms with E-state index in [0.29, 0.717) is 0 Å². The Kier molecular flexibility index (Phi) is 2.57. The molecule has 0 spiro atoms. The van der Waals surface area contributed by atoms with E-state index in [-0.39, 0.29) is 6.98 Å². The number of ether oxygens (including phenoxy) is 1. The number of nitrogens with zero attached hydrogens (tertiary/aromatic N) is 2. The van der Waals surface area contributed by atoms with Crippen LogP contribution in [-0.4, -0.2) is 6.98 Å². The molecule has 0 amide bonds. The lowest BCUT2D eigenvalue weighted by atomic mass is 9.59. The topological polar surface area (TPSA) is 15.7 Å². The molecule has 0 atom stereocenters. The zero-order chi connectivity index (χ0) is 18.2. The van der Waals surface area contributed by atoms with Crippen molar-refractivity contribution in [2.75, 3.05) is 9.62 Å². The summed E-state index contributed by atoms with van der Waals surface area (Å²) >= 11 is 0. The van der Waals surface area contributed by atoms with Gasteiger partial charge in [-0.15, -0.1) is 0 Å². The fourth-order valence-corrected chi connectivity index (χ4v) is 4.93. The summed E-state index contributed by atoms with van der Waals surface area (Å²) in [5, 5.41) is 0. The first-order chi connectivity index (χ1) is 13.9. The summed E-state index contributed by atoms with van der Waals surface area (Å²) in [5.74, 6) is 1.82. The van der Waals surface area contributed by atoms with E-state index < -0.39 is 0 Å². The Morgan fingerprint density at radius 3 is 2.14 bits per heavy atom. The van der Waals surface area contributed by atoms with Crippen molar-refractivity contribution in [3.8, 4) is 22.6 Å². The fraction of sp³-hybridized carbons (Fsp3) is 0. The van der Waals surface area contributed by atoms with Crippen molar-refractivity contribution < 1.29 is 4.74 Å². The van der Waals surface area contributed by atoms with Crippen molar-refractivity contribution in [3.05, 3.63) is 91.0 Å². The third kappa shape index (κ3) is 1.62. The third-order valence-corrected chi connectivity index (χ3v) is 6.00. The standard InChI is InChI=1S/C24H15BN2O/c1-3-10-18-16(8-1)17-9-2-4-11-19(17)26-21-13-7-15-23-24(21)27(25(18)26)20-12-5-6-14-22(20)28-23/h1-15H. The van der Waals surface area contributed by atoms with Crippen molar-refractivity contribution in [2.45, 2.75) is 0 Å². The predicted molar refractivity (Wildman–Crippen MR) is 115 cm³/mol. The monoisotopic (exact) mass is 358 g/mol. The van der Waals surface area contributed by atoms with Gasteiger partial charge < -0.3 is 14.4 Å². The van der Waals surface area contributed by atoms with Gasteiger partial charge in [0, 0.05) is 11.3 Å². The average Bonchev–Trinajstić information content (AvgIpc) is 3.12. The van der Waals surface area contributed by atoms with Gasteiger partial charge in [-0.3, -0.25) is 0 Å². The van der Waals surface area contributed by atoms with Crippen LogP contribution in [0.2, 0.25) is 0 Å². The number of hydrogen-bond acceptors (Lipinski definition) is 3. The SMILES string of the molecule is c1ccc2c(c1)Oc1cccc3c1N2B1c2ccccc2-c2ccccc2N13. The van der Waals surface area contributed by atoms with Crippen LogP contribution in [0.15, 0.2) is 91.0 Å². The fourth-order valence-electron chi connectivity index (χ4n) is 4.93. The minimum atomic E-state index is 0.0762. The molecule has 0 fully saturated rings. The molecule has 4 aromatic carbocycles. The van der Waals surface area contributed by atoms with E-state index in [0.717, 1.165) is 22.9 Å². The smallest absolute Gasteiger partial charge is 0.421 e. The number of rotatable bonds is 0. The normalized spacial score (nSPS) is 14.5. The van der Waals surface area contributed by atoms with Gasteiger partial charge in [0.05, 0.1) is 17.1 Å². The Bertz CT molecular complexity index is 1290. The van der Waals surface area contributed by atoms with Gasteiger partial charge in [-0.25, -0.2) is 0 Å². The van der Waals surface area contributed by atoms with E-state index in [1.807, 2.05) is 6.07 Å². The molecule has 0 saturated heterocycles. The maximum atomic E-state index is 6.28. The molecule has 28 heavy (non-hydrogen) atoms. The van der Waals surface area contributed by atoms with Crippen LogP contribution in [0.1, 0.15) is 0 Å². The number of hydrogen-bond donors (Lipinski definition) is 0. The van der Waals surface area contributed by atoms with Crippen molar-refractivity contribution >= 4 is 35.2 Å². The number of anilines is 4. The van der Waals surface area contributed by atoms with Gasteiger partial charge in [0.15, 0.2) is 5.75 Å². The van der Waals surface area contributed by atoms with E-state index in [2.05, 4.69) is 94.6 Å². The molecule has 0 aromatic heterocycles. The van der Waals surface area contributed by atoms with Crippen LogP contribution >= 0.6 is 0 Å². The van der Waals surface area contributed by atoms with Crippen LogP contribution in [0.25, 0.3) is 11.1 Å². The van der Waals surface area contributed by atoms with Gasteiger partial charge in [-0.05, 0) is 41.4 Å². The maximum absolute atomic E-state index is 6.28. The molecule has 4 aromatic rings. The van der Waals surface area contributed by atoms with Crippen molar-refractivity contribution in [3.63, 3.8) is 0 Å². The Morgan fingerprint density at radius 1 is 0.536 bits per heavy atom. The molecule has 7 rings (SSSR count). The molecular formula is C24H15BN2O. The average molecular weight is 358 g/mol. The summed E-state index contributed by atoms with van der Waals surface area (Å²) < 4.78 is 6.28. The molecule has 3 aliphatic rings. The Balaban J connectivity index is 1.61. The molecule has 3 heterocycles. The second-order valence-electron chi connectivity index (χ2n) is 7.41. The summed E-state index contributed by atoms with van der Waals surface area (Å²) in [5.41, 5.74) is 8.60. The second-order valence-corrected chi connectivity index (χ2v) is 7.41. The third-order valence-electron chi connectivity index (χ3n) is 6.00. The lowest BCUT2D eigenvalue weighted by molar-refractivity contribution is 0.479. The zero-order valence-corrected chi connectivity index (χ0v) is 15.0. The van der Waals surface area contributed by atoms with Gasteiger partial charge in [0.1, 0.15) is 5.75 Å². The van der Waals surface area contributed by atoms with Crippen molar-refractivity contribution in [1.29, 1.82) is 0 Å². The van der Waals surface area contributed by atoms with Gasteiger partial charge in [0.25, 0.3) is 0 Å². The second kappa shape index (κ2) is 4.99. The van der Waals surface area contributed by atoms with Gasteiger partial charge >= 0.3 is 6.98 Å². The van der Waals surface area contributed by atoms with E-state index in [4.69, 9.17) is 4.74 Å². The maximum Gasteiger partial charge on any atom is 0.421 e. The molecule has 130 valence electrons. The summed E-state index contributed by atoms with van der Waals surface area (Å²) in [6.45, 7) is 0.0762. The van der Waals surface area contributed by atoms with E-state index in [9.17, 15) is 0 Å². The molecule has 0 unspecified atom stereocenters. The Hall–Kier alpha value is -3.66. The first-order valence-corrected chi connectivity index (χ1v) is 9.58. The largest absolute Gasteiger partial charge is 0.453 e. The van der Waals surface area contributed by atoms with E-state index in [1.165, 1.54) is 28.0 Å². The molecule has 4 heteroatoms. The van der Waals surface area contributed by atoms with Gasteiger partial charge in [0.2, 0.25) is 0 Å².